The van der Waals surface area contributed by atoms with Crippen LogP contribution in [0.2, 0.25) is 0 Å². The van der Waals surface area contributed by atoms with Crippen LogP contribution in [0.4, 0.5) is 4.79 Å². The number of carboxylic acids is 1. The normalized spacial score (nSPS) is 12.8. The number of benzene rings is 2. The highest BCUT2D eigenvalue weighted by Gasteiger charge is 2.33. The molecule has 2 unspecified atom stereocenters. The van der Waals surface area contributed by atoms with Gasteiger partial charge < -0.3 is 14.6 Å². The smallest absolute Gasteiger partial charge is 0.410 e. The highest BCUT2D eigenvalue weighted by atomic mass is 16.6. The molecule has 26 heavy (non-hydrogen) atoms. The van der Waals surface area contributed by atoms with Crippen molar-refractivity contribution in [2.24, 2.45) is 0 Å². The number of aliphatic carboxylic acids is 1. The quantitative estimate of drug-likeness (QED) is 0.784. The molecule has 2 aromatic carbocycles. The Morgan fingerprint density at radius 1 is 0.962 bits per heavy atom. The van der Waals surface area contributed by atoms with Crippen molar-refractivity contribution in [3.8, 4) is 0 Å². The second kappa shape index (κ2) is 9.58. The molecule has 0 spiro atoms. The van der Waals surface area contributed by atoms with Crippen molar-refractivity contribution in [2.45, 2.75) is 32.3 Å². The van der Waals surface area contributed by atoms with Crippen LogP contribution >= 0.6 is 0 Å². The van der Waals surface area contributed by atoms with E-state index in [1.807, 2.05) is 60.7 Å². The van der Waals surface area contributed by atoms with Gasteiger partial charge in [-0.3, -0.25) is 4.90 Å². The van der Waals surface area contributed by atoms with Crippen LogP contribution in [-0.2, 0) is 27.5 Å². The van der Waals surface area contributed by atoms with E-state index in [1.165, 1.54) is 7.05 Å². The van der Waals surface area contributed by atoms with Crippen LogP contribution < -0.4 is 0 Å². The van der Waals surface area contributed by atoms with Gasteiger partial charge >= 0.3 is 12.1 Å². The Kier molecular flexibility index (Phi) is 7.17. The van der Waals surface area contributed by atoms with Crippen molar-refractivity contribution in [3.63, 3.8) is 0 Å². The van der Waals surface area contributed by atoms with Crippen LogP contribution in [0.15, 0.2) is 60.7 Å². The molecule has 0 aliphatic rings. The van der Waals surface area contributed by atoms with Crippen LogP contribution in [0.25, 0.3) is 0 Å². The van der Waals surface area contributed by atoms with Crippen molar-refractivity contribution in [1.29, 1.82) is 0 Å². The van der Waals surface area contributed by atoms with E-state index in [-0.39, 0.29) is 13.2 Å². The summed E-state index contributed by atoms with van der Waals surface area (Å²) in [6.45, 7) is 1.97. The molecule has 2 rings (SSSR count). The van der Waals surface area contributed by atoms with Gasteiger partial charge in [-0.15, -0.1) is 0 Å². The number of amides is 1. The highest BCUT2D eigenvalue weighted by molar-refractivity contribution is 5.80. The standard InChI is InChI=1S/C20H23NO5/c1-15(25-13-16-9-5-3-6-10-16)18(19(22)23)21(2)20(24)26-14-17-11-7-4-8-12-17/h3-12,15,18H,13-14H2,1-2H3,(H,22,23). The SMILES string of the molecule is CC(OCc1ccccc1)C(C(=O)O)N(C)C(=O)OCc1ccccc1. The van der Waals surface area contributed by atoms with E-state index >= 15 is 0 Å². The first-order chi connectivity index (χ1) is 12.5. The van der Waals surface area contributed by atoms with Crippen molar-refractivity contribution in [1.82, 2.24) is 4.90 Å². The number of rotatable bonds is 8. The Hall–Kier alpha value is -2.86. The molecular weight excluding hydrogens is 334 g/mol. The van der Waals surface area contributed by atoms with E-state index in [2.05, 4.69) is 0 Å². The summed E-state index contributed by atoms with van der Waals surface area (Å²) in [5.74, 6) is -1.15. The van der Waals surface area contributed by atoms with Gasteiger partial charge in [0.05, 0.1) is 12.7 Å². The predicted octanol–water partition coefficient (Wildman–Crippen LogP) is 3.31. The first kappa shape index (κ1) is 19.5. The molecule has 0 aliphatic heterocycles. The van der Waals surface area contributed by atoms with E-state index < -0.39 is 24.2 Å². The van der Waals surface area contributed by atoms with Crippen LogP contribution in [0.1, 0.15) is 18.1 Å². The van der Waals surface area contributed by atoms with Crippen molar-refractivity contribution >= 4 is 12.1 Å². The summed E-state index contributed by atoms with van der Waals surface area (Å²) in [5.41, 5.74) is 1.76. The monoisotopic (exact) mass is 357 g/mol. The minimum atomic E-state index is -1.15. The fourth-order valence-corrected chi connectivity index (χ4v) is 2.51. The predicted molar refractivity (Wildman–Crippen MR) is 96.5 cm³/mol. The van der Waals surface area contributed by atoms with Gasteiger partial charge in [0.15, 0.2) is 6.04 Å². The van der Waals surface area contributed by atoms with Crippen molar-refractivity contribution < 1.29 is 24.2 Å². The van der Waals surface area contributed by atoms with Gasteiger partial charge in [-0.05, 0) is 18.1 Å². The third-order valence-electron chi connectivity index (χ3n) is 3.96. The summed E-state index contributed by atoms with van der Waals surface area (Å²) in [6, 6.07) is 17.5. The summed E-state index contributed by atoms with van der Waals surface area (Å²) >= 11 is 0. The van der Waals surface area contributed by atoms with Gasteiger partial charge in [0.2, 0.25) is 0 Å². The topological polar surface area (TPSA) is 76.1 Å². The Balaban J connectivity index is 1.93. The average molecular weight is 357 g/mol. The van der Waals surface area contributed by atoms with Gasteiger partial charge in [0.25, 0.3) is 0 Å². The minimum Gasteiger partial charge on any atom is -0.480 e. The molecular formula is C20H23NO5. The van der Waals surface area contributed by atoms with E-state index in [0.717, 1.165) is 16.0 Å². The first-order valence-electron chi connectivity index (χ1n) is 8.31. The zero-order valence-electron chi connectivity index (χ0n) is 14.9. The van der Waals surface area contributed by atoms with Gasteiger partial charge in [-0.1, -0.05) is 60.7 Å². The average Bonchev–Trinajstić information content (AvgIpc) is 2.66. The molecule has 0 saturated carbocycles. The second-order valence-electron chi connectivity index (χ2n) is 5.94. The zero-order chi connectivity index (χ0) is 18.9. The molecule has 0 aliphatic carbocycles. The van der Waals surface area contributed by atoms with E-state index in [1.54, 1.807) is 6.92 Å². The Morgan fingerprint density at radius 2 is 1.46 bits per heavy atom. The van der Waals surface area contributed by atoms with E-state index in [0.29, 0.717) is 0 Å². The molecule has 6 heteroatoms. The Bertz CT molecular complexity index is 705. The lowest BCUT2D eigenvalue weighted by Crippen LogP contribution is -2.49. The molecule has 0 bridgehead atoms. The molecule has 0 aromatic heterocycles. The maximum atomic E-state index is 12.2. The maximum Gasteiger partial charge on any atom is 0.410 e. The molecule has 138 valence electrons. The van der Waals surface area contributed by atoms with Gasteiger partial charge in [-0.25, -0.2) is 9.59 Å². The zero-order valence-corrected chi connectivity index (χ0v) is 14.9. The van der Waals surface area contributed by atoms with Crippen molar-refractivity contribution in [2.75, 3.05) is 7.05 Å². The first-order valence-corrected chi connectivity index (χ1v) is 8.31. The lowest BCUT2D eigenvalue weighted by atomic mass is 10.1. The summed E-state index contributed by atoms with van der Waals surface area (Å²) in [7, 11) is 1.40. The Labute approximate surface area is 153 Å². The molecule has 0 fully saturated rings. The lowest BCUT2D eigenvalue weighted by Gasteiger charge is -2.29. The number of carboxylic acid groups (broad SMARTS) is 1. The molecule has 0 heterocycles. The summed E-state index contributed by atoms with van der Waals surface area (Å²) in [6.07, 6.45) is -1.42. The van der Waals surface area contributed by atoms with Crippen molar-refractivity contribution in [3.05, 3.63) is 71.8 Å². The van der Waals surface area contributed by atoms with Gasteiger partial charge in [0, 0.05) is 7.05 Å². The summed E-state index contributed by atoms with van der Waals surface area (Å²) in [5, 5.41) is 9.52. The second-order valence-corrected chi connectivity index (χ2v) is 5.94. The van der Waals surface area contributed by atoms with Crippen LogP contribution in [-0.4, -0.2) is 41.3 Å². The maximum absolute atomic E-state index is 12.2. The lowest BCUT2D eigenvalue weighted by molar-refractivity contribution is -0.148. The van der Waals surface area contributed by atoms with Gasteiger partial charge in [-0.2, -0.15) is 0 Å². The molecule has 6 nitrogen and oxygen atoms in total. The van der Waals surface area contributed by atoms with E-state index in [4.69, 9.17) is 9.47 Å². The molecule has 0 radical (unpaired) electrons. The molecule has 2 atom stereocenters. The molecule has 1 amide bonds. The number of hydrogen-bond acceptors (Lipinski definition) is 4. The van der Waals surface area contributed by atoms with Crippen LogP contribution in [0.3, 0.4) is 0 Å². The largest absolute Gasteiger partial charge is 0.480 e. The number of likely N-dealkylation sites (N-methyl/N-ethyl adjacent to an activating group) is 1. The molecule has 2 aromatic rings. The third-order valence-corrected chi connectivity index (χ3v) is 3.96. The molecule has 1 N–H and O–H groups in total. The van der Waals surface area contributed by atoms with Gasteiger partial charge in [0.1, 0.15) is 6.61 Å². The number of carbonyl (C=O) groups is 2. The number of ether oxygens (including phenoxy) is 2. The number of nitrogens with zero attached hydrogens (tertiary/aromatic N) is 1. The summed E-state index contributed by atoms with van der Waals surface area (Å²) < 4.78 is 10.9. The van der Waals surface area contributed by atoms with Crippen LogP contribution in [0, 0.1) is 0 Å². The fourth-order valence-electron chi connectivity index (χ4n) is 2.51. The Morgan fingerprint density at radius 3 is 1.96 bits per heavy atom. The number of carbonyl (C=O) groups excluding carboxylic acids is 1. The number of hydrogen-bond donors (Lipinski definition) is 1. The molecule has 0 saturated heterocycles. The van der Waals surface area contributed by atoms with E-state index in [9.17, 15) is 14.7 Å². The van der Waals surface area contributed by atoms with Crippen LogP contribution in [0.5, 0.6) is 0 Å². The highest BCUT2D eigenvalue weighted by Crippen LogP contribution is 2.13. The third kappa shape index (κ3) is 5.60. The summed E-state index contributed by atoms with van der Waals surface area (Å²) in [4.78, 5) is 24.9. The minimum absolute atomic E-state index is 0.0790. The fraction of sp³-hybridized carbons (Fsp3) is 0.300.